The number of rotatable bonds is 5. The minimum absolute atomic E-state index is 0.0494. The molecule has 114 valence electrons. The molecule has 4 heteroatoms. The predicted molar refractivity (Wildman–Crippen MR) is 88.5 cm³/mol. The summed E-state index contributed by atoms with van der Waals surface area (Å²) >= 11 is 0. The molecule has 3 aromatic carbocycles. The van der Waals surface area contributed by atoms with Gasteiger partial charge in [0.1, 0.15) is 11.9 Å². The third-order valence-corrected chi connectivity index (χ3v) is 3.51. The molecule has 3 aromatic rings. The first-order valence-electron chi connectivity index (χ1n) is 7.25. The van der Waals surface area contributed by atoms with E-state index in [1.807, 2.05) is 60.7 Å². The molecular formula is C19H15NO3. The molecule has 0 spiro atoms. The molecule has 0 bridgehead atoms. The number of hydrogen-bond acceptors (Lipinski definition) is 3. The lowest BCUT2D eigenvalue weighted by Gasteiger charge is -2.20. The molecule has 0 saturated heterocycles. The summed E-state index contributed by atoms with van der Waals surface area (Å²) < 4.78 is 6.10. The van der Waals surface area contributed by atoms with Gasteiger partial charge in [0.2, 0.25) is 0 Å². The zero-order valence-electron chi connectivity index (χ0n) is 12.3. The lowest BCUT2D eigenvalue weighted by Crippen LogP contribution is -2.09. The number of benzene rings is 3. The van der Waals surface area contributed by atoms with Gasteiger partial charge < -0.3 is 4.74 Å². The van der Waals surface area contributed by atoms with Crippen LogP contribution in [-0.2, 0) is 0 Å². The van der Waals surface area contributed by atoms with E-state index < -0.39 is 4.92 Å². The number of hydrogen-bond donors (Lipinski definition) is 0. The summed E-state index contributed by atoms with van der Waals surface area (Å²) in [6, 6.07) is 25.9. The summed E-state index contributed by atoms with van der Waals surface area (Å²) in [5, 5.41) is 10.7. The predicted octanol–water partition coefficient (Wildman–Crippen LogP) is 4.76. The number of nitro benzene ring substituents is 1. The quantitative estimate of drug-likeness (QED) is 0.504. The number of nitrogens with zero attached hydrogens (tertiary/aromatic N) is 1. The second kappa shape index (κ2) is 6.75. The molecule has 3 rings (SSSR count). The molecule has 0 saturated carbocycles. The Hall–Kier alpha value is -3.14. The highest BCUT2D eigenvalue weighted by molar-refractivity contribution is 5.38. The molecule has 0 heterocycles. The van der Waals surface area contributed by atoms with Crippen molar-refractivity contribution in [3.05, 3.63) is 106 Å². The van der Waals surface area contributed by atoms with E-state index in [1.165, 1.54) is 12.1 Å². The van der Waals surface area contributed by atoms with Crippen molar-refractivity contribution in [3.63, 3.8) is 0 Å². The average Bonchev–Trinajstić information content (AvgIpc) is 2.61. The number of non-ortho nitro benzene ring substituents is 1. The van der Waals surface area contributed by atoms with E-state index in [2.05, 4.69) is 0 Å². The van der Waals surface area contributed by atoms with Crippen molar-refractivity contribution in [2.75, 3.05) is 0 Å². The second-order valence-corrected chi connectivity index (χ2v) is 5.07. The van der Waals surface area contributed by atoms with Crippen molar-refractivity contribution >= 4 is 5.69 Å². The van der Waals surface area contributed by atoms with Gasteiger partial charge >= 0.3 is 0 Å². The van der Waals surface area contributed by atoms with Crippen LogP contribution in [0.5, 0.6) is 5.75 Å². The summed E-state index contributed by atoms with van der Waals surface area (Å²) in [5.74, 6) is 0.591. The van der Waals surface area contributed by atoms with Crippen molar-refractivity contribution < 1.29 is 9.66 Å². The molecule has 0 radical (unpaired) electrons. The smallest absolute Gasteiger partial charge is 0.269 e. The Morgan fingerprint density at radius 2 is 1.22 bits per heavy atom. The average molecular weight is 305 g/mol. The second-order valence-electron chi connectivity index (χ2n) is 5.07. The van der Waals surface area contributed by atoms with Crippen LogP contribution in [-0.4, -0.2) is 4.92 Å². The fourth-order valence-electron chi connectivity index (χ4n) is 2.37. The highest BCUT2D eigenvalue weighted by atomic mass is 16.6. The van der Waals surface area contributed by atoms with Crippen molar-refractivity contribution in [2.24, 2.45) is 0 Å². The van der Waals surface area contributed by atoms with Crippen LogP contribution in [0.15, 0.2) is 84.9 Å². The van der Waals surface area contributed by atoms with Gasteiger partial charge in [-0.15, -0.1) is 0 Å². The van der Waals surface area contributed by atoms with E-state index in [1.54, 1.807) is 12.1 Å². The first-order valence-corrected chi connectivity index (χ1v) is 7.25. The zero-order valence-corrected chi connectivity index (χ0v) is 12.3. The third-order valence-electron chi connectivity index (χ3n) is 3.51. The van der Waals surface area contributed by atoms with Crippen LogP contribution in [0, 0.1) is 10.1 Å². The maximum absolute atomic E-state index is 10.7. The summed E-state index contributed by atoms with van der Waals surface area (Å²) in [7, 11) is 0. The van der Waals surface area contributed by atoms with Gasteiger partial charge in [0.15, 0.2) is 0 Å². The molecule has 0 N–H and O–H groups in total. The molecule has 0 atom stereocenters. The molecular weight excluding hydrogens is 290 g/mol. The van der Waals surface area contributed by atoms with Crippen LogP contribution < -0.4 is 4.74 Å². The van der Waals surface area contributed by atoms with Crippen LogP contribution >= 0.6 is 0 Å². The first-order chi connectivity index (χ1) is 11.2. The van der Waals surface area contributed by atoms with Crippen LogP contribution in [0.4, 0.5) is 5.69 Å². The molecule has 23 heavy (non-hydrogen) atoms. The lowest BCUT2D eigenvalue weighted by atomic mass is 10.0. The Kier molecular flexibility index (Phi) is 4.34. The van der Waals surface area contributed by atoms with Crippen LogP contribution in [0.2, 0.25) is 0 Å². The number of nitro groups is 1. The maximum atomic E-state index is 10.7. The van der Waals surface area contributed by atoms with Crippen molar-refractivity contribution in [1.82, 2.24) is 0 Å². The summed E-state index contributed by atoms with van der Waals surface area (Å²) in [5.41, 5.74) is 2.10. The fraction of sp³-hybridized carbons (Fsp3) is 0.0526. The third kappa shape index (κ3) is 3.55. The standard InChI is InChI=1S/C19H15NO3/c21-20(22)17-11-13-18(14-12-17)23-19(15-7-3-1-4-8-15)16-9-5-2-6-10-16/h1-14,19H. The van der Waals surface area contributed by atoms with Gasteiger partial charge in [-0.3, -0.25) is 10.1 Å². The molecule has 0 aliphatic heterocycles. The minimum Gasteiger partial charge on any atom is -0.481 e. The molecule has 0 aliphatic rings. The van der Waals surface area contributed by atoms with Crippen molar-refractivity contribution in [3.8, 4) is 5.75 Å². The van der Waals surface area contributed by atoms with Gasteiger partial charge in [-0.1, -0.05) is 60.7 Å². The van der Waals surface area contributed by atoms with Crippen LogP contribution in [0.3, 0.4) is 0 Å². The van der Waals surface area contributed by atoms with E-state index in [9.17, 15) is 10.1 Å². The van der Waals surface area contributed by atoms with Gasteiger partial charge in [-0.2, -0.15) is 0 Å². The highest BCUT2D eigenvalue weighted by Gasteiger charge is 2.16. The Labute approximate surface area is 134 Å². The minimum atomic E-state index is -0.421. The number of ether oxygens (including phenoxy) is 1. The Bertz CT molecular complexity index is 731. The molecule has 0 fully saturated rings. The normalized spacial score (nSPS) is 10.5. The summed E-state index contributed by atoms with van der Waals surface area (Å²) in [6.07, 6.45) is -0.265. The first kappa shape index (κ1) is 14.8. The Morgan fingerprint density at radius 1 is 0.739 bits per heavy atom. The lowest BCUT2D eigenvalue weighted by molar-refractivity contribution is -0.384. The molecule has 0 unspecified atom stereocenters. The van der Waals surface area contributed by atoms with Gasteiger partial charge in [0.25, 0.3) is 5.69 Å². The van der Waals surface area contributed by atoms with E-state index in [0.717, 1.165) is 11.1 Å². The zero-order chi connectivity index (χ0) is 16.1. The monoisotopic (exact) mass is 305 g/mol. The topological polar surface area (TPSA) is 52.4 Å². The molecule has 4 nitrogen and oxygen atoms in total. The van der Waals surface area contributed by atoms with Crippen LogP contribution in [0.1, 0.15) is 17.2 Å². The van der Waals surface area contributed by atoms with E-state index >= 15 is 0 Å². The SMILES string of the molecule is O=[N+]([O-])c1ccc(OC(c2ccccc2)c2ccccc2)cc1. The summed E-state index contributed by atoms with van der Waals surface area (Å²) in [6.45, 7) is 0. The Morgan fingerprint density at radius 3 is 1.65 bits per heavy atom. The van der Waals surface area contributed by atoms with E-state index in [4.69, 9.17) is 4.74 Å². The highest BCUT2D eigenvalue weighted by Crippen LogP contribution is 2.29. The van der Waals surface area contributed by atoms with Gasteiger partial charge in [-0.25, -0.2) is 0 Å². The van der Waals surface area contributed by atoms with E-state index in [0.29, 0.717) is 5.75 Å². The van der Waals surface area contributed by atoms with Crippen molar-refractivity contribution in [1.29, 1.82) is 0 Å². The van der Waals surface area contributed by atoms with Gasteiger partial charge in [0, 0.05) is 12.1 Å². The molecule has 0 amide bonds. The molecule has 0 aliphatic carbocycles. The van der Waals surface area contributed by atoms with Gasteiger partial charge in [-0.05, 0) is 23.3 Å². The van der Waals surface area contributed by atoms with Crippen LogP contribution in [0.25, 0.3) is 0 Å². The van der Waals surface area contributed by atoms with Crippen molar-refractivity contribution in [2.45, 2.75) is 6.10 Å². The fourth-order valence-corrected chi connectivity index (χ4v) is 2.37. The summed E-state index contributed by atoms with van der Waals surface area (Å²) in [4.78, 5) is 10.3. The largest absolute Gasteiger partial charge is 0.481 e. The van der Waals surface area contributed by atoms with E-state index in [-0.39, 0.29) is 11.8 Å². The van der Waals surface area contributed by atoms with Gasteiger partial charge in [0.05, 0.1) is 4.92 Å². The Balaban J connectivity index is 1.92. The maximum Gasteiger partial charge on any atom is 0.269 e. The molecule has 0 aromatic heterocycles.